The Bertz CT molecular complexity index is 521. The van der Waals surface area contributed by atoms with Crippen LogP contribution in [0.25, 0.3) is 10.9 Å². The molecular weight excluding hydrogens is 234 g/mol. The normalized spacial score (nSPS) is 9.31. The van der Waals surface area contributed by atoms with Crippen molar-refractivity contribution in [2.45, 2.75) is 0 Å². The lowest BCUT2D eigenvalue weighted by Gasteiger charge is -1.98. The summed E-state index contributed by atoms with van der Waals surface area (Å²) >= 11 is 5.88. The molecule has 0 aliphatic carbocycles. The summed E-state index contributed by atoms with van der Waals surface area (Å²) in [4.78, 5) is 22.0. The van der Waals surface area contributed by atoms with Crippen molar-refractivity contribution in [3.05, 3.63) is 35.0 Å². The minimum atomic E-state index is -1.01. The monoisotopic (exact) mass is 241 g/mol. The second kappa shape index (κ2) is 5.18. The molecule has 16 heavy (non-hydrogen) atoms. The fourth-order valence-electron chi connectivity index (χ4n) is 1.26. The Morgan fingerprint density at radius 2 is 2.00 bits per heavy atom. The molecule has 1 aromatic heterocycles. The maximum Gasteiger partial charge on any atom is 0.337 e. The Morgan fingerprint density at radius 3 is 2.56 bits per heavy atom. The molecule has 6 heteroatoms. The Labute approximate surface area is 95.3 Å². The maximum absolute atomic E-state index is 10.7. The van der Waals surface area contributed by atoms with Gasteiger partial charge in [0.15, 0.2) is 0 Å². The van der Waals surface area contributed by atoms with Crippen LogP contribution < -0.4 is 0 Å². The molecule has 1 aromatic carbocycles. The number of H-pyrrole nitrogens is 1. The number of rotatable bonds is 1. The van der Waals surface area contributed by atoms with Crippen LogP contribution in [-0.4, -0.2) is 27.6 Å². The number of carbonyl (C=O) groups is 2. The topological polar surface area (TPSA) is 90.4 Å². The fraction of sp³-hybridized carbons (Fsp3) is 0. The molecule has 84 valence electrons. The number of fused-ring (bicyclic) bond motifs is 1. The third-order valence-electron chi connectivity index (χ3n) is 1.90. The molecule has 5 nitrogen and oxygen atoms in total. The predicted octanol–water partition coefficient (Wildman–Crippen LogP) is 2.22. The summed E-state index contributed by atoms with van der Waals surface area (Å²) in [7, 11) is 0. The van der Waals surface area contributed by atoms with Crippen molar-refractivity contribution in [1.82, 2.24) is 4.98 Å². The number of hydrogen-bond acceptors (Lipinski definition) is 2. The average molecular weight is 242 g/mol. The first-order chi connectivity index (χ1) is 7.61. The highest BCUT2D eigenvalue weighted by atomic mass is 35.5. The van der Waals surface area contributed by atoms with Crippen LogP contribution in [0.5, 0.6) is 0 Å². The first-order valence-corrected chi connectivity index (χ1v) is 4.56. The van der Waals surface area contributed by atoms with Gasteiger partial charge in [0.1, 0.15) is 0 Å². The number of nitrogens with one attached hydrogen (secondary N) is 1. The number of carboxylic acid groups (broad SMARTS) is 2. The lowest BCUT2D eigenvalue weighted by molar-refractivity contribution is -0.122. The number of aromatic nitrogens is 1. The lowest BCUT2D eigenvalue weighted by Crippen LogP contribution is -1.96. The minimum Gasteiger partial charge on any atom is -0.483 e. The van der Waals surface area contributed by atoms with Gasteiger partial charge in [-0.15, -0.1) is 0 Å². The Hall–Kier alpha value is -2.01. The summed E-state index contributed by atoms with van der Waals surface area (Å²) in [6, 6.07) is 4.94. The quantitative estimate of drug-likeness (QED) is 0.668. The van der Waals surface area contributed by atoms with Crippen LogP contribution in [0.1, 0.15) is 10.4 Å². The minimum absolute atomic E-state index is 0.133. The highest BCUT2D eigenvalue weighted by Gasteiger charge is 2.11. The molecule has 0 bridgehead atoms. The third kappa shape index (κ3) is 2.32. The third-order valence-corrected chi connectivity index (χ3v) is 2.31. The van der Waals surface area contributed by atoms with Crippen molar-refractivity contribution in [1.29, 1.82) is 0 Å². The van der Waals surface area contributed by atoms with Gasteiger partial charge in [-0.2, -0.15) is 0 Å². The van der Waals surface area contributed by atoms with E-state index in [1.165, 1.54) is 6.07 Å². The van der Waals surface area contributed by atoms with Crippen molar-refractivity contribution in [3.63, 3.8) is 0 Å². The zero-order valence-corrected chi connectivity index (χ0v) is 8.73. The first kappa shape index (κ1) is 12.1. The van der Waals surface area contributed by atoms with Crippen LogP contribution in [0.15, 0.2) is 24.4 Å². The van der Waals surface area contributed by atoms with Gasteiger partial charge in [-0.05, 0) is 18.2 Å². The molecule has 0 amide bonds. The van der Waals surface area contributed by atoms with E-state index >= 15 is 0 Å². The van der Waals surface area contributed by atoms with Crippen molar-refractivity contribution >= 4 is 34.9 Å². The van der Waals surface area contributed by atoms with Gasteiger partial charge in [0.05, 0.1) is 10.6 Å². The van der Waals surface area contributed by atoms with E-state index in [0.29, 0.717) is 0 Å². The summed E-state index contributed by atoms with van der Waals surface area (Å²) in [6.45, 7) is -0.250. The number of aromatic amines is 1. The van der Waals surface area contributed by atoms with Gasteiger partial charge in [0, 0.05) is 17.1 Å². The standard InChI is InChI=1S/C9H6ClNO2.CH2O2/c10-8-5-3-4-11-7(5)2-1-6(8)9(12)13;2-1-3/h1-4,11H,(H,12,13);1H,(H,2,3). The molecule has 3 N–H and O–H groups in total. The smallest absolute Gasteiger partial charge is 0.337 e. The van der Waals surface area contributed by atoms with Gasteiger partial charge in [-0.25, -0.2) is 4.79 Å². The second-order valence-corrected chi connectivity index (χ2v) is 3.15. The predicted molar refractivity (Wildman–Crippen MR) is 59.0 cm³/mol. The number of benzene rings is 1. The molecule has 0 unspecified atom stereocenters. The van der Waals surface area contributed by atoms with E-state index < -0.39 is 5.97 Å². The van der Waals surface area contributed by atoms with Crippen LogP contribution in [0.3, 0.4) is 0 Å². The summed E-state index contributed by atoms with van der Waals surface area (Å²) in [5.74, 6) is -1.01. The van der Waals surface area contributed by atoms with E-state index in [0.717, 1.165) is 10.9 Å². The molecule has 0 spiro atoms. The number of aromatic carboxylic acids is 1. The molecular formula is C10H8ClNO4. The van der Waals surface area contributed by atoms with Gasteiger partial charge in [0.25, 0.3) is 6.47 Å². The van der Waals surface area contributed by atoms with Crippen molar-refractivity contribution < 1.29 is 19.8 Å². The Balaban J connectivity index is 0.000000386. The highest BCUT2D eigenvalue weighted by Crippen LogP contribution is 2.26. The maximum atomic E-state index is 10.7. The number of hydrogen-bond donors (Lipinski definition) is 3. The highest BCUT2D eigenvalue weighted by molar-refractivity contribution is 6.38. The molecule has 1 heterocycles. The lowest BCUT2D eigenvalue weighted by atomic mass is 10.1. The van der Waals surface area contributed by atoms with Crippen LogP contribution >= 0.6 is 11.6 Å². The SMILES string of the molecule is O=C(O)c1ccc2[nH]ccc2c1Cl.O=CO. The summed E-state index contributed by atoms with van der Waals surface area (Å²) in [5, 5.41) is 16.7. The number of halogens is 1. The Morgan fingerprint density at radius 1 is 1.38 bits per heavy atom. The average Bonchev–Trinajstić information content (AvgIpc) is 2.67. The van der Waals surface area contributed by atoms with Crippen LogP contribution in [0.2, 0.25) is 5.02 Å². The second-order valence-electron chi connectivity index (χ2n) is 2.78. The molecule has 2 rings (SSSR count). The van der Waals surface area contributed by atoms with Gasteiger partial charge in [0.2, 0.25) is 0 Å². The zero-order chi connectivity index (χ0) is 12.1. The van der Waals surface area contributed by atoms with E-state index in [1.807, 2.05) is 0 Å². The van der Waals surface area contributed by atoms with E-state index in [-0.39, 0.29) is 17.1 Å². The van der Waals surface area contributed by atoms with Crippen LogP contribution in [0.4, 0.5) is 0 Å². The molecule has 0 saturated carbocycles. The molecule has 0 aliphatic heterocycles. The molecule has 0 aliphatic rings. The molecule has 0 fully saturated rings. The van der Waals surface area contributed by atoms with Gasteiger partial charge in [-0.3, -0.25) is 4.79 Å². The fourth-order valence-corrected chi connectivity index (χ4v) is 1.57. The molecule has 0 atom stereocenters. The molecule has 0 radical (unpaired) electrons. The Kier molecular flexibility index (Phi) is 3.90. The van der Waals surface area contributed by atoms with E-state index in [1.54, 1.807) is 18.3 Å². The van der Waals surface area contributed by atoms with Crippen LogP contribution in [-0.2, 0) is 4.79 Å². The van der Waals surface area contributed by atoms with Crippen molar-refractivity contribution in [2.75, 3.05) is 0 Å². The summed E-state index contributed by atoms with van der Waals surface area (Å²) in [5.41, 5.74) is 0.976. The summed E-state index contributed by atoms with van der Waals surface area (Å²) < 4.78 is 0. The van der Waals surface area contributed by atoms with Crippen LogP contribution in [0, 0.1) is 0 Å². The van der Waals surface area contributed by atoms with E-state index in [2.05, 4.69) is 4.98 Å². The van der Waals surface area contributed by atoms with Gasteiger partial charge in [-0.1, -0.05) is 11.6 Å². The van der Waals surface area contributed by atoms with Gasteiger partial charge < -0.3 is 15.2 Å². The van der Waals surface area contributed by atoms with Crippen molar-refractivity contribution in [2.24, 2.45) is 0 Å². The van der Waals surface area contributed by atoms with E-state index in [9.17, 15) is 4.79 Å². The molecule has 0 saturated heterocycles. The van der Waals surface area contributed by atoms with Gasteiger partial charge >= 0.3 is 5.97 Å². The zero-order valence-electron chi connectivity index (χ0n) is 7.98. The van der Waals surface area contributed by atoms with E-state index in [4.69, 9.17) is 26.6 Å². The number of carboxylic acids is 1. The summed E-state index contributed by atoms with van der Waals surface area (Å²) in [6.07, 6.45) is 1.72. The molecule has 2 aromatic rings. The van der Waals surface area contributed by atoms with Crippen molar-refractivity contribution in [3.8, 4) is 0 Å². The first-order valence-electron chi connectivity index (χ1n) is 4.18. The largest absolute Gasteiger partial charge is 0.483 e.